The first-order valence-electron chi connectivity index (χ1n) is 4.48. The van der Waals surface area contributed by atoms with E-state index >= 15 is 0 Å². The molecule has 0 saturated carbocycles. The minimum Gasteiger partial charge on any atom is -0.362 e. The van der Waals surface area contributed by atoms with Gasteiger partial charge in [-0.1, -0.05) is 0 Å². The number of benzene rings is 1. The van der Waals surface area contributed by atoms with E-state index in [0.29, 0.717) is 17.3 Å². The van der Waals surface area contributed by atoms with Crippen molar-refractivity contribution in [3.8, 4) is 6.07 Å². The molecule has 1 aromatic carbocycles. The lowest BCUT2D eigenvalue weighted by molar-refractivity contribution is -0.165. The number of carbonyl (C=O) groups is 1. The van der Waals surface area contributed by atoms with Crippen LogP contribution in [0.1, 0.15) is 5.56 Å². The van der Waals surface area contributed by atoms with Gasteiger partial charge in [0.25, 0.3) is 5.78 Å². The second kappa shape index (κ2) is 5.16. The zero-order valence-electron chi connectivity index (χ0n) is 8.45. The summed E-state index contributed by atoms with van der Waals surface area (Å²) in [6, 6.07) is 7.93. The summed E-state index contributed by atoms with van der Waals surface area (Å²) in [7, 11) is 0. The molecule has 0 heterocycles. The van der Waals surface area contributed by atoms with Gasteiger partial charge in [0.15, 0.2) is 0 Å². The zero-order chi connectivity index (χ0) is 12.9. The van der Waals surface area contributed by atoms with Crippen LogP contribution in [-0.2, 0) is 4.79 Å². The Morgan fingerprint density at radius 1 is 1.29 bits per heavy atom. The molecule has 1 rings (SSSR count). The van der Waals surface area contributed by atoms with Crippen molar-refractivity contribution in [1.29, 1.82) is 5.26 Å². The van der Waals surface area contributed by atoms with Crippen LogP contribution >= 0.6 is 0 Å². The van der Waals surface area contributed by atoms with Crippen LogP contribution in [-0.4, -0.2) is 12.0 Å². The van der Waals surface area contributed by atoms with E-state index in [1.54, 1.807) is 0 Å². The average molecular weight is 240 g/mol. The van der Waals surface area contributed by atoms with Crippen LogP contribution in [0.3, 0.4) is 0 Å². The summed E-state index contributed by atoms with van der Waals surface area (Å²) >= 11 is 0. The van der Waals surface area contributed by atoms with Crippen LogP contribution in [0, 0.1) is 11.3 Å². The number of anilines is 1. The Labute approximate surface area is 95.2 Å². The summed E-state index contributed by atoms with van der Waals surface area (Å²) in [5, 5.41) is 11.0. The molecule has 0 amide bonds. The number of hydrogen-bond acceptors (Lipinski definition) is 3. The Bertz CT molecular complexity index is 469. The molecule has 0 aliphatic carbocycles. The van der Waals surface area contributed by atoms with Crippen molar-refractivity contribution < 1.29 is 18.0 Å². The van der Waals surface area contributed by atoms with Gasteiger partial charge in [0.05, 0.1) is 11.6 Å². The average Bonchev–Trinajstić information content (AvgIpc) is 2.28. The highest BCUT2D eigenvalue weighted by Gasteiger charge is 2.35. The first-order valence-corrected chi connectivity index (χ1v) is 4.48. The smallest absolute Gasteiger partial charge is 0.362 e. The number of halogens is 3. The maximum Gasteiger partial charge on any atom is 0.454 e. The lowest BCUT2D eigenvalue weighted by atomic mass is 10.2. The SMILES string of the molecule is N#Cc1ccc(N/C=C\C(=O)C(F)(F)F)cc1. The monoisotopic (exact) mass is 240 g/mol. The van der Waals surface area contributed by atoms with Gasteiger partial charge in [-0.3, -0.25) is 4.79 Å². The highest BCUT2D eigenvalue weighted by Crippen LogP contribution is 2.16. The predicted octanol–water partition coefficient (Wildman–Crippen LogP) is 2.62. The Morgan fingerprint density at radius 3 is 2.35 bits per heavy atom. The van der Waals surface area contributed by atoms with Gasteiger partial charge >= 0.3 is 6.18 Å². The zero-order valence-corrected chi connectivity index (χ0v) is 8.45. The van der Waals surface area contributed by atoms with Crippen molar-refractivity contribution >= 4 is 11.5 Å². The lowest BCUT2D eigenvalue weighted by Gasteiger charge is -2.01. The maximum absolute atomic E-state index is 11.8. The molecule has 0 fully saturated rings. The summed E-state index contributed by atoms with van der Waals surface area (Å²) in [5.41, 5.74) is 0.918. The molecule has 1 aromatic rings. The van der Waals surface area contributed by atoms with Gasteiger partial charge in [-0.15, -0.1) is 0 Å². The number of carbonyl (C=O) groups excluding carboxylic acids is 1. The minimum atomic E-state index is -4.86. The highest BCUT2D eigenvalue weighted by molar-refractivity contribution is 5.94. The van der Waals surface area contributed by atoms with E-state index in [4.69, 9.17) is 5.26 Å². The van der Waals surface area contributed by atoms with Gasteiger partial charge in [-0.05, 0) is 24.3 Å². The quantitative estimate of drug-likeness (QED) is 0.826. The van der Waals surface area contributed by atoms with Crippen LogP contribution in [0.15, 0.2) is 36.5 Å². The summed E-state index contributed by atoms with van der Waals surface area (Å²) in [5.74, 6) is -1.93. The van der Waals surface area contributed by atoms with E-state index in [1.807, 2.05) is 6.07 Å². The molecule has 1 N–H and O–H groups in total. The normalized spacial score (nSPS) is 11.2. The molecule has 3 nitrogen and oxygen atoms in total. The number of alkyl halides is 3. The van der Waals surface area contributed by atoms with E-state index in [2.05, 4.69) is 5.32 Å². The molecule has 0 radical (unpaired) electrons. The predicted molar refractivity (Wildman–Crippen MR) is 55.0 cm³/mol. The summed E-state index contributed by atoms with van der Waals surface area (Å²) in [6.45, 7) is 0. The summed E-state index contributed by atoms with van der Waals surface area (Å²) < 4.78 is 35.4. The number of allylic oxidation sites excluding steroid dienone is 1. The second-order valence-electron chi connectivity index (χ2n) is 3.03. The summed E-state index contributed by atoms with van der Waals surface area (Å²) in [4.78, 5) is 10.5. The fourth-order valence-electron chi connectivity index (χ4n) is 0.949. The van der Waals surface area contributed by atoms with Gasteiger partial charge in [0.2, 0.25) is 0 Å². The van der Waals surface area contributed by atoms with E-state index in [-0.39, 0.29) is 0 Å². The molecule has 0 aliphatic rings. The third-order valence-electron chi connectivity index (χ3n) is 1.78. The number of nitrogens with zero attached hydrogens (tertiary/aromatic N) is 1. The first kappa shape index (κ1) is 12.8. The third kappa shape index (κ3) is 3.99. The van der Waals surface area contributed by atoms with Crippen LogP contribution in [0.25, 0.3) is 0 Å². The number of nitriles is 1. The molecule has 88 valence electrons. The van der Waals surface area contributed by atoms with Crippen molar-refractivity contribution in [3.63, 3.8) is 0 Å². The largest absolute Gasteiger partial charge is 0.454 e. The Hall–Kier alpha value is -2.29. The summed E-state index contributed by atoms with van der Waals surface area (Å²) in [6.07, 6.45) is -3.56. The molecule has 0 unspecified atom stereocenters. The molecule has 6 heteroatoms. The molecule has 0 atom stereocenters. The van der Waals surface area contributed by atoms with Crippen molar-refractivity contribution in [1.82, 2.24) is 0 Å². The molecular weight excluding hydrogens is 233 g/mol. The van der Waals surface area contributed by atoms with E-state index in [1.165, 1.54) is 24.3 Å². The van der Waals surface area contributed by atoms with Gasteiger partial charge < -0.3 is 5.32 Å². The lowest BCUT2D eigenvalue weighted by Crippen LogP contribution is -2.20. The first-order chi connectivity index (χ1) is 7.93. The number of hydrogen-bond donors (Lipinski definition) is 1. The molecule has 0 bridgehead atoms. The van der Waals surface area contributed by atoms with E-state index < -0.39 is 12.0 Å². The minimum absolute atomic E-state index is 0.401. The highest BCUT2D eigenvalue weighted by atomic mass is 19.4. The Morgan fingerprint density at radius 2 is 1.88 bits per heavy atom. The molecule has 0 aromatic heterocycles. The van der Waals surface area contributed by atoms with Crippen molar-refractivity contribution in [3.05, 3.63) is 42.1 Å². The molecule has 0 spiro atoms. The fraction of sp³-hybridized carbons (Fsp3) is 0.0909. The van der Waals surface area contributed by atoms with Crippen LogP contribution in [0.2, 0.25) is 0 Å². The fourth-order valence-corrected chi connectivity index (χ4v) is 0.949. The third-order valence-corrected chi connectivity index (χ3v) is 1.78. The number of rotatable bonds is 3. The van der Waals surface area contributed by atoms with Crippen LogP contribution in [0.4, 0.5) is 18.9 Å². The van der Waals surface area contributed by atoms with E-state index in [0.717, 1.165) is 6.20 Å². The van der Waals surface area contributed by atoms with Gasteiger partial charge in [-0.25, -0.2) is 0 Å². The number of ketones is 1. The van der Waals surface area contributed by atoms with Gasteiger partial charge in [-0.2, -0.15) is 18.4 Å². The standard InChI is InChI=1S/C11H7F3N2O/c12-11(13,14)10(17)5-6-16-9-3-1-8(7-15)2-4-9/h1-6,16H/b6-5-. The number of nitrogens with one attached hydrogen (secondary N) is 1. The maximum atomic E-state index is 11.8. The molecular formula is C11H7F3N2O. The second-order valence-corrected chi connectivity index (χ2v) is 3.03. The molecule has 0 saturated heterocycles. The molecule has 17 heavy (non-hydrogen) atoms. The Balaban J connectivity index is 2.59. The topological polar surface area (TPSA) is 52.9 Å². The van der Waals surface area contributed by atoms with Crippen LogP contribution < -0.4 is 5.32 Å². The molecule has 0 aliphatic heterocycles. The van der Waals surface area contributed by atoms with Gasteiger partial charge in [0.1, 0.15) is 0 Å². The van der Waals surface area contributed by atoms with Crippen molar-refractivity contribution in [2.24, 2.45) is 0 Å². The van der Waals surface area contributed by atoms with Gasteiger partial charge in [0, 0.05) is 18.0 Å². The van der Waals surface area contributed by atoms with Crippen molar-refractivity contribution in [2.45, 2.75) is 6.18 Å². The van der Waals surface area contributed by atoms with E-state index in [9.17, 15) is 18.0 Å². The Kier molecular flexibility index (Phi) is 3.88. The van der Waals surface area contributed by atoms with Crippen LogP contribution in [0.5, 0.6) is 0 Å². The van der Waals surface area contributed by atoms with Crippen molar-refractivity contribution in [2.75, 3.05) is 5.32 Å².